The molecule has 1 heterocycles. The van der Waals surface area contributed by atoms with Crippen molar-refractivity contribution in [1.82, 2.24) is 15.5 Å². The second-order valence-corrected chi connectivity index (χ2v) is 8.33. The summed E-state index contributed by atoms with van der Waals surface area (Å²) in [5, 5.41) is 27.7. The Morgan fingerprint density at radius 3 is 2.50 bits per heavy atom. The van der Waals surface area contributed by atoms with Gasteiger partial charge in [0.2, 0.25) is 0 Å². The molecule has 0 bridgehead atoms. The van der Waals surface area contributed by atoms with Crippen molar-refractivity contribution in [3.63, 3.8) is 0 Å². The van der Waals surface area contributed by atoms with Crippen LogP contribution in [0, 0.1) is 10.1 Å². The zero-order valence-corrected chi connectivity index (χ0v) is 21.1. The summed E-state index contributed by atoms with van der Waals surface area (Å²) in [4.78, 5) is 17.4. The Balaban J connectivity index is 0.00000363. The van der Waals surface area contributed by atoms with Gasteiger partial charge in [0.05, 0.1) is 11.5 Å². The van der Waals surface area contributed by atoms with Crippen molar-refractivity contribution in [2.24, 2.45) is 4.99 Å². The monoisotopic (exact) mass is 561 g/mol. The van der Waals surface area contributed by atoms with Gasteiger partial charge in [0.25, 0.3) is 5.69 Å². The molecule has 1 aromatic carbocycles. The molecule has 10 heteroatoms. The van der Waals surface area contributed by atoms with Gasteiger partial charge in [0, 0.05) is 43.9 Å². The van der Waals surface area contributed by atoms with E-state index in [9.17, 15) is 15.2 Å². The van der Waals surface area contributed by atoms with Crippen LogP contribution in [0.15, 0.2) is 29.3 Å². The first kappa shape index (κ1) is 26.6. The van der Waals surface area contributed by atoms with Crippen molar-refractivity contribution in [2.45, 2.75) is 63.6 Å². The van der Waals surface area contributed by atoms with Crippen molar-refractivity contribution in [3.05, 3.63) is 34.4 Å². The Labute approximate surface area is 207 Å². The Bertz CT molecular complexity index is 720. The highest BCUT2D eigenvalue weighted by atomic mass is 127. The summed E-state index contributed by atoms with van der Waals surface area (Å²) >= 11 is 0. The number of nitrogens with one attached hydrogen (secondary N) is 2. The van der Waals surface area contributed by atoms with E-state index in [1.807, 2.05) is 6.92 Å². The second kappa shape index (κ2) is 13.8. The van der Waals surface area contributed by atoms with Crippen molar-refractivity contribution >= 4 is 35.6 Å². The highest BCUT2D eigenvalue weighted by Crippen LogP contribution is 2.26. The van der Waals surface area contributed by atoms with Crippen LogP contribution in [0.3, 0.4) is 0 Å². The molecule has 1 saturated heterocycles. The quantitative estimate of drug-likeness (QED) is 0.140. The third kappa shape index (κ3) is 8.36. The van der Waals surface area contributed by atoms with Gasteiger partial charge in [-0.2, -0.15) is 0 Å². The van der Waals surface area contributed by atoms with E-state index in [0.29, 0.717) is 11.8 Å². The highest BCUT2D eigenvalue weighted by molar-refractivity contribution is 14.0. The lowest BCUT2D eigenvalue weighted by molar-refractivity contribution is -0.384. The third-order valence-corrected chi connectivity index (χ3v) is 6.01. The number of benzene rings is 1. The summed E-state index contributed by atoms with van der Waals surface area (Å²) in [6.07, 6.45) is 6.88. The number of likely N-dealkylation sites (tertiary alicyclic amines) is 1. The van der Waals surface area contributed by atoms with Crippen molar-refractivity contribution in [1.29, 1.82) is 0 Å². The van der Waals surface area contributed by atoms with Crippen LogP contribution in [-0.2, 0) is 0 Å². The number of nitro benzene ring substituents is 1. The van der Waals surface area contributed by atoms with Crippen molar-refractivity contribution in [3.8, 4) is 5.75 Å². The first-order chi connectivity index (χ1) is 15.0. The van der Waals surface area contributed by atoms with Gasteiger partial charge >= 0.3 is 0 Å². The number of ether oxygens (including phenoxy) is 1. The molecule has 180 valence electrons. The molecule has 9 nitrogen and oxygen atoms in total. The fourth-order valence-corrected chi connectivity index (χ4v) is 4.30. The maximum atomic E-state index is 10.7. The lowest BCUT2D eigenvalue weighted by atomic mass is 10.0. The van der Waals surface area contributed by atoms with Gasteiger partial charge in [0.15, 0.2) is 5.96 Å². The average Bonchev–Trinajstić information content (AvgIpc) is 3.32. The summed E-state index contributed by atoms with van der Waals surface area (Å²) in [5.74, 6) is 1.20. The number of guanidine groups is 1. The number of hydrogen-bond acceptors (Lipinski definition) is 6. The van der Waals surface area contributed by atoms with Crippen molar-refractivity contribution < 1.29 is 14.8 Å². The van der Waals surface area contributed by atoms with Crippen LogP contribution in [0.1, 0.15) is 45.4 Å². The van der Waals surface area contributed by atoms with Gasteiger partial charge in [-0.1, -0.05) is 12.8 Å². The molecular formula is C22H36IN5O4. The van der Waals surface area contributed by atoms with Gasteiger partial charge in [-0.25, -0.2) is 0 Å². The standard InChI is InChI=1S/C22H35N5O4.HI/c1-2-23-22(25-17-11-13-26(14-12-17)18-5-3-4-6-18)24-15-20(28)16-31-21-9-7-19(8-10-21)27(29)30;/h7-10,17-18,20,28H,2-6,11-16H2,1H3,(H2,23,24,25);1H. The van der Waals surface area contributed by atoms with Crippen LogP contribution >= 0.6 is 24.0 Å². The molecule has 2 fully saturated rings. The van der Waals surface area contributed by atoms with E-state index in [4.69, 9.17) is 4.74 Å². The second-order valence-electron chi connectivity index (χ2n) is 8.33. The molecule has 1 aliphatic heterocycles. The SMILES string of the molecule is CCNC(=NCC(O)COc1ccc([N+](=O)[O-])cc1)NC1CCN(C2CCCC2)CC1.I. The Morgan fingerprint density at radius 2 is 1.91 bits per heavy atom. The molecule has 1 aliphatic carbocycles. The Hall–Kier alpha value is -1.66. The first-order valence-corrected chi connectivity index (χ1v) is 11.4. The predicted molar refractivity (Wildman–Crippen MR) is 136 cm³/mol. The molecular weight excluding hydrogens is 525 g/mol. The molecule has 3 N–H and O–H groups in total. The molecule has 0 amide bonds. The smallest absolute Gasteiger partial charge is 0.269 e. The molecule has 2 aliphatic rings. The lowest BCUT2D eigenvalue weighted by Gasteiger charge is -2.36. The van der Waals surface area contributed by atoms with Gasteiger partial charge in [-0.05, 0) is 44.7 Å². The highest BCUT2D eigenvalue weighted by Gasteiger charge is 2.27. The summed E-state index contributed by atoms with van der Waals surface area (Å²) in [7, 11) is 0. The third-order valence-electron chi connectivity index (χ3n) is 6.01. The van der Waals surface area contributed by atoms with Crippen LogP contribution < -0.4 is 15.4 Å². The van der Waals surface area contributed by atoms with Gasteiger partial charge in [0.1, 0.15) is 18.5 Å². The number of nitro groups is 1. The summed E-state index contributed by atoms with van der Waals surface area (Å²) in [6.45, 7) is 5.32. The van der Waals surface area contributed by atoms with E-state index in [-0.39, 0.29) is 42.8 Å². The zero-order valence-electron chi connectivity index (χ0n) is 18.7. The molecule has 1 saturated carbocycles. The van der Waals surface area contributed by atoms with Crippen LogP contribution in [0.5, 0.6) is 5.75 Å². The van der Waals surface area contributed by atoms with Crippen LogP contribution in [0.4, 0.5) is 5.69 Å². The molecule has 32 heavy (non-hydrogen) atoms. The zero-order chi connectivity index (χ0) is 22.1. The maximum Gasteiger partial charge on any atom is 0.269 e. The number of non-ortho nitro benzene ring substituents is 1. The fourth-order valence-electron chi connectivity index (χ4n) is 4.30. The number of halogens is 1. The molecule has 0 spiro atoms. The lowest BCUT2D eigenvalue weighted by Crippen LogP contribution is -2.50. The number of rotatable bonds is 9. The van der Waals surface area contributed by atoms with E-state index in [0.717, 1.165) is 44.5 Å². The van der Waals surface area contributed by atoms with E-state index >= 15 is 0 Å². The average molecular weight is 561 g/mol. The van der Waals surface area contributed by atoms with Crippen LogP contribution in [0.25, 0.3) is 0 Å². The number of nitrogens with zero attached hydrogens (tertiary/aromatic N) is 3. The number of aliphatic imine (C=N–C) groups is 1. The minimum absolute atomic E-state index is 0. The largest absolute Gasteiger partial charge is 0.491 e. The van der Waals surface area contributed by atoms with Crippen LogP contribution in [0.2, 0.25) is 0 Å². The molecule has 3 rings (SSSR count). The summed E-state index contributed by atoms with van der Waals surface area (Å²) in [5.41, 5.74) is 0.00734. The number of piperidine rings is 1. The minimum Gasteiger partial charge on any atom is -0.491 e. The molecule has 1 atom stereocenters. The number of aliphatic hydroxyl groups excluding tert-OH is 1. The van der Waals surface area contributed by atoms with E-state index < -0.39 is 11.0 Å². The van der Waals surface area contributed by atoms with Gasteiger partial charge in [-0.3, -0.25) is 15.1 Å². The van der Waals surface area contributed by atoms with E-state index in [2.05, 4.69) is 20.5 Å². The normalized spacial score (nSPS) is 19.2. The maximum absolute atomic E-state index is 10.7. The molecule has 0 radical (unpaired) electrons. The molecule has 1 unspecified atom stereocenters. The van der Waals surface area contributed by atoms with Gasteiger partial charge < -0.3 is 25.4 Å². The Kier molecular flexibility index (Phi) is 11.5. The topological polar surface area (TPSA) is 112 Å². The van der Waals surface area contributed by atoms with E-state index in [1.165, 1.54) is 49.9 Å². The predicted octanol–water partition coefficient (Wildman–Crippen LogP) is 2.91. The van der Waals surface area contributed by atoms with Gasteiger partial charge in [-0.15, -0.1) is 24.0 Å². The summed E-state index contributed by atoms with van der Waals surface area (Å²) in [6, 6.07) is 6.99. The first-order valence-electron chi connectivity index (χ1n) is 11.4. The number of hydrogen-bond donors (Lipinski definition) is 3. The summed E-state index contributed by atoms with van der Waals surface area (Å²) < 4.78 is 5.52. The van der Waals surface area contributed by atoms with E-state index in [1.54, 1.807) is 0 Å². The number of aliphatic hydroxyl groups is 1. The van der Waals surface area contributed by atoms with Crippen LogP contribution in [-0.4, -0.2) is 71.9 Å². The van der Waals surface area contributed by atoms with Crippen molar-refractivity contribution in [2.75, 3.05) is 32.8 Å². The minimum atomic E-state index is -0.769. The molecule has 0 aromatic heterocycles. The Morgan fingerprint density at radius 1 is 1.25 bits per heavy atom. The fraction of sp³-hybridized carbons (Fsp3) is 0.682. The molecule has 1 aromatic rings.